The number of aliphatic carboxylic acids is 1. The van der Waals surface area contributed by atoms with E-state index >= 15 is 0 Å². The van der Waals surface area contributed by atoms with Crippen molar-refractivity contribution in [3.63, 3.8) is 0 Å². The lowest BCUT2D eigenvalue weighted by Gasteiger charge is -2.20. The first-order valence-corrected chi connectivity index (χ1v) is 5.45. The maximum absolute atomic E-state index is 11.8. The minimum atomic E-state index is -1.19. The molecule has 0 aliphatic rings. The number of amides is 2. The van der Waals surface area contributed by atoms with Gasteiger partial charge in [0.25, 0.3) is 0 Å². The normalized spacial score (nSPS) is 11.2. The summed E-state index contributed by atoms with van der Waals surface area (Å²) in [6, 6.07) is 4.20. The molecule has 1 atom stereocenters. The third kappa shape index (κ3) is 3.92. The number of benzene rings is 1. The number of carboxylic acid groups (broad SMARTS) is 1. The monoisotopic (exact) mass is 262 g/mol. The van der Waals surface area contributed by atoms with Crippen LogP contribution in [-0.2, 0) is 4.79 Å². The second kappa shape index (κ2) is 6.31. The fraction of sp³-hybridized carbons (Fsp3) is 0.231. The lowest BCUT2D eigenvalue weighted by Crippen LogP contribution is -2.46. The molecular weight excluding hydrogens is 248 g/mol. The molecule has 1 aromatic carbocycles. The molecule has 1 rings (SSSR count). The van der Waals surface area contributed by atoms with Crippen molar-refractivity contribution < 1.29 is 19.8 Å². The Kier molecular flexibility index (Phi) is 4.77. The predicted octanol–water partition coefficient (Wildman–Crippen LogP) is 1.01. The molecule has 6 heteroatoms. The molecule has 0 aliphatic carbocycles. The van der Waals surface area contributed by atoms with E-state index in [0.29, 0.717) is 5.69 Å². The van der Waals surface area contributed by atoms with E-state index in [0.717, 1.165) is 0 Å². The molecular formula is C13H14N2O4. The van der Waals surface area contributed by atoms with E-state index in [1.54, 1.807) is 0 Å². The van der Waals surface area contributed by atoms with Crippen LogP contribution in [-0.4, -0.2) is 35.3 Å². The highest BCUT2D eigenvalue weighted by Crippen LogP contribution is 2.17. The van der Waals surface area contributed by atoms with Crippen LogP contribution in [0, 0.1) is 12.3 Å². The fourth-order valence-electron chi connectivity index (χ4n) is 1.36. The number of hydrogen-bond acceptors (Lipinski definition) is 3. The molecule has 2 amide bonds. The van der Waals surface area contributed by atoms with Crippen molar-refractivity contribution in [1.29, 1.82) is 0 Å². The van der Waals surface area contributed by atoms with Gasteiger partial charge in [-0.15, -0.1) is 12.3 Å². The van der Waals surface area contributed by atoms with Gasteiger partial charge in [0.05, 0.1) is 0 Å². The SMILES string of the molecule is C#CCC(NC(=O)N(C)c1ccc(O)cc1)C(=O)O. The van der Waals surface area contributed by atoms with Gasteiger partial charge in [-0.1, -0.05) is 0 Å². The van der Waals surface area contributed by atoms with Crippen molar-refractivity contribution in [1.82, 2.24) is 5.32 Å². The highest BCUT2D eigenvalue weighted by Gasteiger charge is 2.21. The molecule has 6 nitrogen and oxygen atoms in total. The first-order chi connectivity index (χ1) is 8.95. The van der Waals surface area contributed by atoms with Gasteiger partial charge in [0.1, 0.15) is 11.8 Å². The molecule has 3 N–H and O–H groups in total. The minimum Gasteiger partial charge on any atom is -0.508 e. The Morgan fingerprint density at radius 3 is 2.47 bits per heavy atom. The highest BCUT2D eigenvalue weighted by atomic mass is 16.4. The molecule has 0 saturated heterocycles. The number of phenolic OH excluding ortho intramolecular Hbond substituents is 1. The number of terminal acetylenes is 1. The van der Waals surface area contributed by atoms with E-state index in [9.17, 15) is 9.59 Å². The third-order valence-electron chi connectivity index (χ3n) is 2.46. The van der Waals surface area contributed by atoms with Crippen molar-refractivity contribution in [2.75, 3.05) is 11.9 Å². The summed E-state index contributed by atoms with van der Waals surface area (Å²) in [6.45, 7) is 0. The van der Waals surface area contributed by atoms with E-state index in [-0.39, 0.29) is 12.2 Å². The summed E-state index contributed by atoms with van der Waals surface area (Å²) in [5.74, 6) is 1.08. The number of aromatic hydroxyl groups is 1. The molecule has 1 aromatic rings. The summed E-state index contributed by atoms with van der Waals surface area (Å²) in [7, 11) is 1.48. The molecule has 100 valence electrons. The average Bonchev–Trinajstić information content (AvgIpc) is 2.38. The molecule has 1 unspecified atom stereocenters. The Bertz CT molecular complexity index is 504. The van der Waals surface area contributed by atoms with Crippen molar-refractivity contribution >= 4 is 17.7 Å². The van der Waals surface area contributed by atoms with Crippen molar-refractivity contribution in [2.45, 2.75) is 12.5 Å². The molecule has 0 aliphatic heterocycles. The maximum atomic E-state index is 11.8. The zero-order valence-electron chi connectivity index (χ0n) is 10.3. The lowest BCUT2D eigenvalue weighted by molar-refractivity contribution is -0.139. The number of nitrogens with zero attached hydrogens (tertiary/aromatic N) is 1. The van der Waals surface area contributed by atoms with Crippen LogP contribution < -0.4 is 10.2 Å². The van der Waals surface area contributed by atoms with Gasteiger partial charge in [-0.25, -0.2) is 9.59 Å². The zero-order chi connectivity index (χ0) is 14.4. The molecule has 0 spiro atoms. The zero-order valence-corrected chi connectivity index (χ0v) is 10.3. The van der Waals surface area contributed by atoms with Crippen LogP contribution in [0.25, 0.3) is 0 Å². The Morgan fingerprint density at radius 2 is 2.00 bits per heavy atom. The Hall–Kier alpha value is -2.68. The van der Waals surface area contributed by atoms with Gasteiger partial charge in [-0.05, 0) is 24.3 Å². The molecule has 0 aromatic heterocycles. The molecule has 19 heavy (non-hydrogen) atoms. The van der Waals surface area contributed by atoms with Crippen molar-refractivity contribution in [3.05, 3.63) is 24.3 Å². The number of urea groups is 1. The second-order valence-corrected chi connectivity index (χ2v) is 3.82. The number of rotatable bonds is 4. The van der Waals surface area contributed by atoms with Gasteiger partial charge < -0.3 is 15.5 Å². The summed E-state index contributed by atoms with van der Waals surface area (Å²) in [6.07, 6.45) is 4.95. The van der Waals surface area contributed by atoms with Crippen LogP contribution in [0.1, 0.15) is 6.42 Å². The largest absolute Gasteiger partial charge is 0.508 e. The van der Waals surface area contributed by atoms with Crippen LogP contribution in [0.2, 0.25) is 0 Å². The quantitative estimate of drug-likeness (QED) is 0.706. The van der Waals surface area contributed by atoms with E-state index in [2.05, 4.69) is 11.2 Å². The third-order valence-corrected chi connectivity index (χ3v) is 2.46. The smallest absolute Gasteiger partial charge is 0.327 e. The lowest BCUT2D eigenvalue weighted by atomic mass is 10.2. The predicted molar refractivity (Wildman–Crippen MR) is 69.9 cm³/mol. The maximum Gasteiger partial charge on any atom is 0.327 e. The molecule has 0 radical (unpaired) electrons. The number of hydrogen-bond donors (Lipinski definition) is 3. The van der Waals surface area contributed by atoms with Crippen LogP contribution >= 0.6 is 0 Å². The fourth-order valence-corrected chi connectivity index (χ4v) is 1.36. The van der Waals surface area contributed by atoms with E-state index in [4.69, 9.17) is 16.6 Å². The van der Waals surface area contributed by atoms with Gasteiger partial charge in [0.2, 0.25) is 0 Å². The number of phenols is 1. The van der Waals surface area contributed by atoms with Crippen LogP contribution in [0.3, 0.4) is 0 Å². The summed E-state index contributed by atoms with van der Waals surface area (Å²) in [4.78, 5) is 23.9. The average molecular weight is 262 g/mol. The second-order valence-electron chi connectivity index (χ2n) is 3.82. The molecule has 0 heterocycles. The highest BCUT2D eigenvalue weighted by molar-refractivity contribution is 5.94. The van der Waals surface area contributed by atoms with Crippen molar-refractivity contribution in [2.24, 2.45) is 0 Å². The van der Waals surface area contributed by atoms with Crippen LogP contribution in [0.4, 0.5) is 10.5 Å². The van der Waals surface area contributed by atoms with E-state index < -0.39 is 18.0 Å². The van der Waals surface area contributed by atoms with E-state index in [1.807, 2.05) is 0 Å². The Balaban J connectivity index is 2.74. The topological polar surface area (TPSA) is 89.9 Å². The number of carbonyl (C=O) groups is 2. The Labute approximate surface area is 110 Å². The minimum absolute atomic E-state index is 0.0771. The summed E-state index contributed by atoms with van der Waals surface area (Å²) in [5, 5.41) is 20.3. The molecule has 0 saturated carbocycles. The van der Waals surface area contributed by atoms with Gasteiger partial charge in [-0.2, -0.15) is 0 Å². The van der Waals surface area contributed by atoms with Gasteiger partial charge in [-0.3, -0.25) is 4.90 Å². The van der Waals surface area contributed by atoms with Gasteiger partial charge in [0, 0.05) is 19.2 Å². The number of carbonyl (C=O) groups excluding carboxylic acids is 1. The standard InChI is InChI=1S/C13H14N2O4/c1-3-4-11(12(17)18)14-13(19)15(2)9-5-7-10(16)8-6-9/h1,5-8,11,16H,4H2,2H3,(H,14,19)(H,17,18). The molecule has 0 fully saturated rings. The van der Waals surface area contributed by atoms with Crippen LogP contribution in [0.15, 0.2) is 24.3 Å². The molecule has 0 bridgehead atoms. The van der Waals surface area contributed by atoms with Crippen LogP contribution in [0.5, 0.6) is 5.75 Å². The van der Waals surface area contributed by atoms with Gasteiger partial charge >= 0.3 is 12.0 Å². The van der Waals surface area contributed by atoms with E-state index in [1.165, 1.54) is 36.2 Å². The first kappa shape index (κ1) is 14.4. The summed E-state index contributed by atoms with van der Waals surface area (Å²) < 4.78 is 0. The first-order valence-electron chi connectivity index (χ1n) is 5.45. The summed E-state index contributed by atoms with van der Waals surface area (Å²) in [5.41, 5.74) is 0.514. The summed E-state index contributed by atoms with van der Waals surface area (Å²) >= 11 is 0. The van der Waals surface area contributed by atoms with Crippen molar-refractivity contribution in [3.8, 4) is 18.1 Å². The van der Waals surface area contributed by atoms with Gasteiger partial charge in [0.15, 0.2) is 0 Å². The number of carboxylic acids is 1. The Morgan fingerprint density at radius 1 is 1.42 bits per heavy atom. The number of nitrogens with one attached hydrogen (secondary N) is 1. The number of anilines is 1.